The molecule has 0 fully saturated rings. The first-order valence-electron chi connectivity index (χ1n) is 9.10. The molecule has 1 unspecified atom stereocenters. The third-order valence-electron chi connectivity index (χ3n) is 4.37. The summed E-state index contributed by atoms with van der Waals surface area (Å²) in [4.78, 5) is 32.3. The Kier molecular flexibility index (Phi) is 6.31. The van der Waals surface area contributed by atoms with E-state index in [9.17, 15) is 9.59 Å². The lowest BCUT2D eigenvalue weighted by Crippen LogP contribution is -2.24. The van der Waals surface area contributed by atoms with Crippen LogP contribution in [0.1, 0.15) is 29.3 Å². The molecule has 3 rings (SSSR count). The molecule has 0 saturated heterocycles. The van der Waals surface area contributed by atoms with Gasteiger partial charge in [0.1, 0.15) is 0 Å². The number of aryl methyl sites for hydroxylation is 2. The maximum Gasteiger partial charge on any atom is 0.255 e. The number of anilines is 1. The minimum absolute atomic E-state index is 0.135. The topological polar surface area (TPSA) is 74.8 Å². The van der Waals surface area contributed by atoms with Crippen LogP contribution in [0.25, 0.3) is 0 Å². The van der Waals surface area contributed by atoms with E-state index in [1.54, 1.807) is 6.92 Å². The molecule has 1 heterocycles. The molecule has 3 aromatic rings. The van der Waals surface area contributed by atoms with Crippen LogP contribution >= 0.6 is 11.8 Å². The monoisotopic (exact) mass is 393 g/mol. The van der Waals surface area contributed by atoms with Gasteiger partial charge in [-0.1, -0.05) is 54.2 Å². The summed E-state index contributed by atoms with van der Waals surface area (Å²) >= 11 is 1.24. The average molecular weight is 394 g/mol. The molecule has 0 bridgehead atoms. The summed E-state index contributed by atoms with van der Waals surface area (Å²) in [6, 6.07) is 17.5. The van der Waals surface area contributed by atoms with Crippen molar-refractivity contribution >= 4 is 23.4 Å². The molecule has 1 amide bonds. The molecule has 1 aromatic heterocycles. The summed E-state index contributed by atoms with van der Waals surface area (Å²) in [5.74, 6) is -0.135. The number of benzene rings is 2. The summed E-state index contributed by atoms with van der Waals surface area (Å²) in [5.41, 5.74) is 4.06. The summed E-state index contributed by atoms with van der Waals surface area (Å²) in [6.07, 6.45) is 0.531. The molecular weight excluding hydrogens is 370 g/mol. The number of aromatic nitrogens is 2. The molecule has 2 aromatic carbocycles. The van der Waals surface area contributed by atoms with E-state index in [0.717, 1.165) is 16.8 Å². The van der Waals surface area contributed by atoms with Crippen LogP contribution in [0.2, 0.25) is 0 Å². The average Bonchev–Trinajstić information content (AvgIpc) is 2.65. The van der Waals surface area contributed by atoms with Crippen LogP contribution in [-0.2, 0) is 11.2 Å². The van der Waals surface area contributed by atoms with Crippen molar-refractivity contribution in [1.29, 1.82) is 0 Å². The van der Waals surface area contributed by atoms with Crippen LogP contribution in [0.4, 0.5) is 5.69 Å². The van der Waals surface area contributed by atoms with Gasteiger partial charge in [-0.25, -0.2) is 4.98 Å². The minimum atomic E-state index is -0.400. The van der Waals surface area contributed by atoms with Crippen LogP contribution in [0.15, 0.2) is 64.5 Å². The standard InChI is InChI=1S/C22H23N3O2S/c1-14-8-7-11-18(12-14)24-20(26)16(3)28-22-23-15(2)19(21(27)25-22)13-17-9-5-4-6-10-17/h4-12,16H,13H2,1-3H3,(H,24,26)(H,23,25,27). The van der Waals surface area contributed by atoms with Crippen molar-refractivity contribution in [3.8, 4) is 0 Å². The smallest absolute Gasteiger partial charge is 0.255 e. The maximum atomic E-state index is 12.5. The predicted octanol–water partition coefficient (Wildman–Crippen LogP) is 4.10. The molecule has 0 aliphatic rings. The van der Waals surface area contributed by atoms with Crippen molar-refractivity contribution in [1.82, 2.24) is 9.97 Å². The summed E-state index contributed by atoms with van der Waals surface area (Å²) in [7, 11) is 0. The van der Waals surface area contributed by atoms with Gasteiger partial charge >= 0.3 is 0 Å². The van der Waals surface area contributed by atoms with Crippen LogP contribution in [0.3, 0.4) is 0 Å². The van der Waals surface area contributed by atoms with Gasteiger partial charge in [0.15, 0.2) is 5.16 Å². The molecule has 5 nitrogen and oxygen atoms in total. The third kappa shape index (κ3) is 5.10. The first kappa shape index (κ1) is 19.9. The maximum absolute atomic E-state index is 12.5. The third-order valence-corrected chi connectivity index (χ3v) is 5.35. The van der Waals surface area contributed by atoms with E-state index in [1.165, 1.54) is 11.8 Å². The van der Waals surface area contributed by atoms with Gasteiger partial charge in [-0.3, -0.25) is 9.59 Å². The van der Waals surface area contributed by atoms with Crippen LogP contribution in [-0.4, -0.2) is 21.1 Å². The zero-order valence-electron chi connectivity index (χ0n) is 16.2. The fraction of sp³-hybridized carbons (Fsp3) is 0.227. The van der Waals surface area contributed by atoms with Crippen molar-refractivity contribution in [2.75, 3.05) is 5.32 Å². The van der Waals surface area contributed by atoms with Crippen molar-refractivity contribution in [3.05, 3.63) is 87.3 Å². The number of carbonyl (C=O) groups excluding carboxylic acids is 1. The van der Waals surface area contributed by atoms with E-state index >= 15 is 0 Å². The summed E-state index contributed by atoms with van der Waals surface area (Å²) in [6.45, 7) is 5.60. The molecule has 0 aliphatic carbocycles. The highest BCUT2D eigenvalue weighted by molar-refractivity contribution is 8.00. The molecular formula is C22H23N3O2S. The zero-order chi connectivity index (χ0) is 20.1. The Labute approximate surface area is 168 Å². The number of rotatable bonds is 6. The Morgan fingerprint density at radius 3 is 2.57 bits per heavy atom. The number of aromatic amines is 1. The van der Waals surface area contributed by atoms with Crippen molar-refractivity contribution in [3.63, 3.8) is 0 Å². The zero-order valence-corrected chi connectivity index (χ0v) is 17.0. The van der Waals surface area contributed by atoms with E-state index in [2.05, 4.69) is 15.3 Å². The Hall–Kier alpha value is -2.86. The van der Waals surface area contributed by atoms with Gasteiger partial charge in [-0.2, -0.15) is 0 Å². The number of nitrogens with one attached hydrogen (secondary N) is 2. The molecule has 0 radical (unpaired) electrons. The second-order valence-corrected chi connectivity index (χ2v) is 8.05. The fourth-order valence-electron chi connectivity index (χ4n) is 2.84. The van der Waals surface area contributed by atoms with E-state index in [0.29, 0.717) is 22.8 Å². The molecule has 0 spiro atoms. The van der Waals surface area contributed by atoms with Gasteiger partial charge in [0.25, 0.3) is 5.56 Å². The largest absolute Gasteiger partial charge is 0.325 e. The SMILES string of the molecule is Cc1cccc(NC(=O)C(C)Sc2nc(C)c(Cc3ccccc3)c(=O)[nH]2)c1. The number of carbonyl (C=O) groups is 1. The lowest BCUT2D eigenvalue weighted by molar-refractivity contribution is -0.115. The summed E-state index contributed by atoms with van der Waals surface area (Å²) < 4.78 is 0. The molecule has 0 saturated carbocycles. The molecule has 144 valence electrons. The molecule has 28 heavy (non-hydrogen) atoms. The normalized spacial score (nSPS) is 11.8. The second-order valence-electron chi connectivity index (χ2n) is 6.72. The van der Waals surface area contributed by atoms with Gasteiger partial charge < -0.3 is 10.3 Å². The molecule has 0 aliphatic heterocycles. The Balaban J connectivity index is 1.70. The predicted molar refractivity (Wildman–Crippen MR) is 114 cm³/mol. The first-order valence-corrected chi connectivity index (χ1v) is 9.98. The summed E-state index contributed by atoms with van der Waals surface area (Å²) in [5, 5.41) is 2.95. The Bertz CT molecular complexity index is 1030. The van der Waals surface area contributed by atoms with Crippen LogP contribution in [0.5, 0.6) is 0 Å². The number of amides is 1. The van der Waals surface area contributed by atoms with Crippen LogP contribution in [0, 0.1) is 13.8 Å². The lowest BCUT2D eigenvalue weighted by atomic mass is 10.1. The Morgan fingerprint density at radius 2 is 1.89 bits per heavy atom. The van der Waals surface area contributed by atoms with E-state index in [-0.39, 0.29) is 11.5 Å². The highest BCUT2D eigenvalue weighted by Gasteiger charge is 2.17. The van der Waals surface area contributed by atoms with Crippen molar-refractivity contribution in [2.45, 2.75) is 37.6 Å². The first-order chi connectivity index (χ1) is 13.4. The molecule has 1 atom stereocenters. The van der Waals surface area contributed by atoms with Gasteiger partial charge in [-0.05, 0) is 44.0 Å². The molecule has 6 heteroatoms. The highest BCUT2D eigenvalue weighted by atomic mass is 32.2. The van der Waals surface area contributed by atoms with Gasteiger partial charge in [0, 0.05) is 23.4 Å². The number of nitrogens with zero attached hydrogens (tertiary/aromatic N) is 1. The van der Waals surface area contributed by atoms with E-state index in [4.69, 9.17) is 0 Å². The minimum Gasteiger partial charge on any atom is -0.325 e. The van der Waals surface area contributed by atoms with Crippen LogP contribution < -0.4 is 10.9 Å². The second kappa shape index (κ2) is 8.89. The number of hydrogen-bond donors (Lipinski definition) is 2. The van der Waals surface area contributed by atoms with Gasteiger partial charge in [0.05, 0.1) is 5.25 Å². The van der Waals surface area contributed by atoms with Gasteiger partial charge in [0.2, 0.25) is 5.91 Å². The number of thioether (sulfide) groups is 1. The van der Waals surface area contributed by atoms with Crippen molar-refractivity contribution in [2.24, 2.45) is 0 Å². The quantitative estimate of drug-likeness (QED) is 0.488. The van der Waals surface area contributed by atoms with E-state index in [1.807, 2.05) is 68.4 Å². The highest BCUT2D eigenvalue weighted by Crippen LogP contribution is 2.21. The molecule has 2 N–H and O–H groups in total. The van der Waals surface area contributed by atoms with Gasteiger partial charge in [-0.15, -0.1) is 0 Å². The number of hydrogen-bond acceptors (Lipinski definition) is 4. The van der Waals surface area contributed by atoms with Crippen molar-refractivity contribution < 1.29 is 4.79 Å². The lowest BCUT2D eigenvalue weighted by Gasteiger charge is -2.13. The fourth-order valence-corrected chi connectivity index (χ4v) is 3.68. The Morgan fingerprint density at radius 1 is 1.14 bits per heavy atom. The number of H-pyrrole nitrogens is 1. The van der Waals surface area contributed by atoms with E-state index < -0.39 is 5.25 Å².